The molecule has 0 unspecified atom stereocenters. The summed E-state index contributed by atoms with van der Waals surface area (Å²) >= 11 is 17.8. The SMILES string of the molecule is O=C(CCCC[n+]1ccccc1)Nc1cc(Cl)c(Cl)cc1Cl.[Br-]. The number of carbonyl (C=O) groups is 1. The number of rotatable bonds is 6. The Hall–Kier alpha value is -0.810. The average molecular weight is 439 g/mol. The number of nitrogens with zero attached hydrogens (tertiary/aromatic N) is 1. The first-order valence-corrected chi connectivity index (χ1v) is 8.08. The third-order valence-electron chi connectivity index (χ3n) is 3.13. The Bertz CT molecular complexity index is 653. The first-order valence-electron chi connectivity index (χ1n) is 6.95. The summed E-state index contributed by atoms with van der Waals surface area (Å²) in [7, 11) is 0. The molecule has 0 aliphatic rings. The third kappa shape index (κ3) is 6.68. The fourth-order valence-electron chi connectivity index (χ4n) is 1.99. The zero-order valence-electron chi connectivity index (χ0n) is 12.2. The van der Waals surface area contributed by atoms with Crippen LogP contribution < -0.4 is 26.9 Å². The molecule has 0 aliphatic heterocycles. The Labute approximate surface area is 161 Å². The average Bonchev–Trinajstić information content (AvgIpc) is 2.50. The van der Waals surface area contributed by atoms with E-state index in [0.29, 0.717) is 27.2 Å². The molecule has 0 atom stereocenters. The number of nitrogens with one attached hydrogen (secondary N) is 1. The van der Waals surface area contributed by atoms with Crippen molar-refractivity contribution in [1.82, 2.24) is 0 Å². The maximum Gasteiger partial charge on any atom is 0.224 e. The number of hydrogen-bond acceptors (Lipinski definition) is 1. The van der Waals surface area contributed by atoms with E-state index < -0.39 is 0 Å². The molecule has 2 aromatic rings. The van der Waals surface area contributed by atoms with E-state index in [-0.39, 0.29) is 22.9 Å². The minimum atomic E-state index is -0.0849. The summed E-state index contributed by atoms with van der Waals surface area (Å²) in [6.45, 7) is 0.891. The maximum absolute atomic E-state index is 11.9. The van der Waals surface area contributed by atoms with Crippen LogP contribution in [-0.2, 0) is 11.3 Å². The Kier molecular flexibility index (Phi) is 8.92. The summed E-state index contributed by atoms with van der Waals surface area (Å²) in [5.74, 6) is -0.0849. The number of halogens is 4. The fraction of sp³-hybridized carbons (Fsp3) is 0.250. The topological polar surface area (TPSA) is 33.0 Å². The van der Waals surface area contributed by atoms with E-state index in [0.717, 1.165) is 19.4 Å². The number of unbranched alkanes of at least 4 members (excludes halogenated alkanes) is 1. The maximum atomic E-state index is 11.9. The molecule has 0 spiro atoms. The highest BCUT2D eigenvalue weighted by molar-refractivity contribution is 6.44. The van der Waals surface area contributed by atoms with E-state index in [1.807, 2.05) is 30.6 Å². The highest BCUT2D eigenvalue weighted by atomic mass is 79.9. The molecule has 3 nitrogen and oxygen atoms in total. The molecule has 1 N–H and O–H groups in total. The summed E-state index contributed by atoms with van der Waals surface area (Å²) in [5.41, 5.74) is 0.485. The van der Waals surface area contributed by atoms with Crippen molar-refractivity contribution in [3.63, 3.8) is 0 Å². The fourth-order valence-corrected chi connectivity index (χ4v) is 2.59. The number of carbonyl (C=O) groups excluding carboxylic acids is 1. The van der Waals surface area contributed by atoms with Crippen molar-refractivity contribution < 1.29 is 26.3 Å². The quantitative estimate of drug-likeness (QED) is 0.416. The number of aromatic nitrogens is 1. The van der Waals surface area contributed by atoms with Crippen molar-refractivity contribution in [3.05, 3.63) is 57.8 Å². The van der Waals surface area contributed by atoms with Crippen LogP contribution in [0.25, 0.3) is 0 Å². The lowest BCUT2D eigenvalue weighted by atomic mass is 10.2. The van der Waals surface area contributed by atoms with Gasteiger partial charge in [-0.3, -0.25) is 4.79 Å². The van der Waals surface area contributed by atoms with E-state index in [1.165, 1.54) is 6.07 Å². The van der Waals surface area contributed by atoms with Crippen LogP contribution in [0.4, 0.5) is 5.69 Å². The standard InChI is InChI=1S/C16H15Cl3N2O.BrH/c17-12-10-14(19)15(11-13(12)18)20-16(22)6-2-5-9-21-7-3-1-4-8-21;/h1,3-4,7-8,10-11H,2,5-6,9H2;1H. The van der Waals surface area contributed by atoms with Gasteiger partial charge in [0.1, 0.15) is 6.54 Å². The van der Waals surface area contributed by atoms with Crippen molar-refractivity contribution in [2.75, 3.05) is 5.32 Å². The molecule has 2 rings (SSSR count). The van der Waals surface area contributed by atoms with Gasteiger partial charge in [0.25, 0.3) is 0 Å². The van der Waals surface area contributed by atoms with Crippen LogP contribution in [0.5, 0.6) is 0 Å². The molecule has 124 valence electrons. The molecule has 1 aromatic carbocycles. The molecular weight excluding hydrogens is 422 g/mol. The third-order valence-corrected chi connectivity index (χ3v) is 4.17. The van der Waals surface area contributed by atoms with Gasteiger partial charge in [0, 0.05) is 25.0 Å². The van der Waals surface area contributed by atoms with Gasteiger partial charge in [-0.15, -0.1) is 0 Å². The number of benzene rings is 1. The predicted octanol–water partition coefficient (Wildman–Crippen LogP) is 1.75. The molecule has 1 aromatic heterocycles. The van der Waals surface area contributed by atoms with Gasteiger partial charge >= 0.3 is 0 Å². The molecule has 1 heterocycles. The molecule has 0 radical (unpaired) electrons. The van der Waals surface area contributed by atoms with Crippen LogP contribution in [0, 0.1) is 0 Å². The Morgan fingerprint density at radius 2 is 1.61 bits per heavy atom. The summed E-state index contributed by atoms with van der Waals surface area (Å²) < 4.78 is 2.09. The highest BCUT2D eigenvalue weighted by Crippen LogP contribution is 2.32. The number of hydrogen-bond donors (Lipinski definition) is 1. The number of amides is 1. The lowest BCUT2D eigenvalue weighted by molar-refractivity contribution is -0.697. The number of pyridine rings is 1. The van der Waals surface area contributed by atoms with Crippen molar-refractivity contribution in [2.24, 2.45) is 0 Å². The summed E-state index contributed by atoms with van der Waals surface area (Å²) in [6, 6.07) is 9.03. The minimum absolute atomic E-state index is 0. The lowest BCUT2D eigenvalue weighted by Gasteiger charge is -2.08. The Balaban J connectivity index is 0.00000264. The van der Waals surface area contributed by atoms with Gasteiger partial charge in [0.05, 0.1) is 20.8 Å². The Morgan fingerprint density at radius 3 is 2.30 bits per heavy atom. The molecule has 23 heavy (non-hydrogen) atoms. The van der Waals surface area contributed by atoms with Gasteiger partial charge in [-0.25, -0.2) is 4.57 Å². The zero-order valence-corrected chi connectivity index (χ0v) is 16.1. The highest BCUT2D eigenvalue weighted by Gasteiger charge is 2.09. The molecular formula is C16H16BrCl3N2O. The normalized spacial score (nSPS) is 10.0. The predicted molar refractivity (Wildman–Crippen MR) is 90.6 cm³/mol. The van der Waals surface area contributed by atoms with Crippen molar-refractivity contribution in [2.45, 2.75) is 25.8 Å². The lowest BCUT2D eigenvalue weighted by Crippen LogP contribution is -3.00. The molecule has 0 saturated carbocycles. The van der Waals surface area contributed by atoms with E-state index in [2.05, 4.69) is 9.88 Å². The summed E-state index contributed by atoms with van der Waals surface area (Å²) in [5, 5.41) is 3.86. The zero-order chi connectivity index (χ0) is 15.9. The second-order valence-corrected chi connectivity index (χ2v) is 6.09. The van der Waals surface area contributed by atoms with Gasteiger partial charge in [-0.05, 0) is 18.6 Å². The van der Waals surface area contributed by atoms with Crippen LogP contribution in [0.15, 0.2) is 42.7 Å². The van der Waals surface area contributed by atoms with Crippen LogP contribution in [0.1, 0.15) is 19.3 Å². The van der Waals surface area contributed by atoms with Crippen molar-refractivity contribution in [1.29, 1.82) is 0 Å². The number of anilines is 1. The second-order valence-electron chi connectivity index (χ2n) is 4.86. The van der Waals surface area contributed by atoms with E-state index in [1.54, 1.807) is 6.07 Å². The molecule has 0 bridgehead atoms. The molecule has 7 heteroatoms. The van der Waals surface area contributed by atoms with Crippen LogP contribution in [-0.4, -0.2) is 5.91 Å². The summed E-state index contributed by atoms with van der Waals surface area (Å²) in [6.07, 6.45) is 6.18. The van der Waals surface area contributed by atoms with Gasteiger partial charge in [-0.2, -0.15) is 0 Å². The van der Waals surface area contributed by atoms with Crippen LogP contribution >= 0.6 is 34.8 Å². The monoisotopic (exact) mass is 436 g/mol. The van der Waals surface area contributed by atoms with Gasteiger partial charge in [0.2, 0.25) is 5.91 Å². The smallest absolute Gasteiger partial charge is 0.224 e. The summed E-state index contributed by atoms with van der Waals surface area (Å²) in [4.78, 5) is 11.9. The van der Waals surface area contributed by atoms with Crippen LogP contribution in [0.3, 0.4) is 0 Å². The number of aryl methyl sites for hydroxylation is 1. The first-order chi connectivity index (χ1) is 10.6. The molecule has 1 amide bonds. The second kappa shape index (κ2) is 10.1. The Morgan fingerprint density at radius 1 is 0.957 bits per heavy atom. The first kappa shape index (κ1) is 20.2. The van der Waals surface area contributed by atoms with Gasteiger partial charge in [0.15, 0.2) is 12.4 Å². The molecule has 0 aliphatic carbocycles. The van der Waals surface area contributed by atoms with E-state index in [9.17, 15) is 4.79 Å². The minimum Gasteiger partial charge on any atom is -1.00 e. The molecule has 0 saturated heterocycles. The largest absolute Gasteiger partial charge is 1.00 e. The molecule has 0 fully saturated rings. The van der Waals surface area contributed by atoms with E-state index >= 15 is 0 Å². The van der Waals surface area contributed by atoms with Gasteiger partial charge < -0.3 is 22.3 Å². The van der Waals surface area contributed by atoms with Gasteiger partial charge in [-0.1, -0.05) is 40.9 Å². The van der Waals surface area contributed by atoms with Crippen LogP contribution in [0.2, 0.25) is 15.1 Å². The van der Waals surface area contributed by atoms with Crippen molar-refractivity contribution in [3.8, 4) is 0 Å². The van der Waals surface area contributed by atoms with E-state index in [4.69, 9.17) is 34.8 Å². The van der Waals surface area contributed by atoms with Crippen molar-refractivity contribution >= 4 is 46.4 Å².